The van der Waals surface area contributed by atoms with E-state index in [0.29, 0.717) is 11.5 Å². The van der Waals surface area contributed by atoms with Gasteiger partial charge in [-0.25, -0.2) is 13.4 Å². The predicted molar refractivity (Wildman–Crippen MR) is 118 cm³/mol. The van der Waals surface area contributed by atoms with Crippen molar-refractivity contribution >= 4 is 27.2 Å². The van der Waals surface area contributed by atoms with Gasteiger partial charge in [0.05, 0.1) is 16.8 Å². The molecule has 8 heteroatoms. The third-order valence-electron chi connectivity index (χ3n) is 4.62. The minimum absolute atomic E-state index is 0.179. The lowest BCUT2D eigenvalue weighted by Crippen LogP contribution is -2.14. The van der Waals surface area contributed by atoms with E-state index in [1.54, 1.807) is 53.5 Å². The Morgan fingerprint density at radius 3 is 2.33 bits per heavy atom. The third-order valence-corrected chi connectivity index (χ3v) is 6.00. The first-order valence-electron chi connectivity index (χ1n) is 9.32. The zero-order chi connectivity index (χ0) is 21.1. The molecule has 0 radical (unpaired) electrons. The molecule has 4 aromatic rings. The van der Waals surface area contributed by atoms with Crippen molar-refractivity contribution in [1.82, 2.24) is 14.8 Å². The molecule has 0 aliphatic heterocycles. The van der Waals surface area contributed by atoms with Crippen LogP contribution in [0.1, 0.15) is 5.56 Å². The van der Waals surface area contributed by atoms with Crippen molar-refractivity contribution < 1.29 is 8.42 Å². The van der Waals surface area contributed by atoms with Gasteiger partial charge in [0.2, 0.25) is 0 Å². The van der Waals surface area contributed by atoms with Crippen molar-refractivity contribution in [2.45, 2.75) is 11.8 Å². The molecule has 2 aromatic carbocycles. The van der Waals surface area contributed by atoms with Crippen LogP contribution in [-0.2, 0) is 17.1 Å². The van der Waals surface area contributed by atoms with Crippen LogP contribution in [0.4, 0.5) is 17.2 Å². The van der Waals surface area contributed by atoms with Crippen LogP contribution >= 0.6 is 0 Å². The first-order chi connectivity index (χ1) is 14.4. The van der Waals surface area contributed by atoms with E-state index >= 15 is 0 Å². The maximum Gasteiger partial charge on any atom is 0.262 e. The molecule has 0 fully saturated rings. The lowest BCUT2D eigenvalue weighted by molar-refractivity contribution is 0.601. The third kappa shape index (κ3) is 4.18. The fourth-order valence-electron chi connectivity index (χ4n) is 3.01. The van der Waals surface area contributed by atoms with Gasteiger partial charge in [0, 0.05) is 36.3 Å². The molecule has 4 rings (SSSR count). The fourth-order valence-corrected chi connectivity index (χ4v) is 4.09. The van der Waals surface area contributed by atoms with Gasteiger partial charge in [0.1, 0.15) is 0 Å². The van der Waals surface area contributed by atoms with Crippen LogP contribution in [0.25, 0.3) is 11.1 Å². The summed E-state index contributed by atoms with van der Waals surface area (Å²) in [6.45, 7) is 1.97. The van der Waals surface area contributed by atoms with Crippen LogP contribution in [0.2, 0.25) is 0 Å². The van der Waals surface area contributed by atoms with E-state index in [2.05, 4.69) is 20.1 Å². The van der Waals surface area contributed by atoms with Crippen molar-refractivity contribution in [2.75, 3.05) is 10.0 Å². The lowest BCUT2D eigenvalue weighted by atomic mass is 10.1. The fraction of sp³-hybridized carbons (Fsp3) is 0.0909. The van der Waals surface area contributed by atoms with E-state index in [4.69, 9.17) is 0 Å². The number of hydrogen-bond donors (Lipinski definition) is 2. The molecule has 2 aromatic heterocycles. The van der Waals surface area contributed by atoms with E-state index in [1.165, 1.54) is 0 Å². The van der Waals surface area contributed by atoms with Crippen molar-refractivity contribution in [2.24, 2.45) is 7.05 Å². The zero-order valence-electron chi connectivity index (χ0n) is 16.6. The molecule has 0 bridgehead atoms. The standard InChI is InChI=1S/C22H21N5O2S/c1-16-8-6-7-11-20(16)25-22-21(26-30(28,29)19-9-4-3-5-10-19)12-17(13-23-22)18-14-24-27(2)15-18/h3-15,26H,1-2H3,(H,23,25). The molecule has 0 amide bonds. The van der Waals surface area contributed by atoms with Crippen molar-refractivity contribution in [3.05, 3.63) is 84.8 Å². The summed E-state index contributed by atoms with van der Waals surface area (Å²) in [5.41, 5.74) is 3.81. The lowest BCUT2D eigenvalue weighted by Gasteiger charge is -2.15. The molecule has 0 aliphatic carbocycles. The van der Waals surface area contributed by atoms with Gasteiger partial charge in [0.25, 0.3) is 10.0 Å². The molecule has 0 saturated carbocycles. The van der Waals surface area contributed by atoms with Gasteiger partial charge in [-0.05, 0) is 36.8 Å². The number of nitrogens with one attached hydrogen (secondary N) is 2. The number of nitrogens with zero attached hydrogens (tertiary/aromatic N) is 3. The summed E-state index contributed by atoms with van der Waals surface area (Å²) in [7, 11) is -1.96. The SMILES string of the molecule is Cc1ccccc1Nc1ncc(-c2cnn(C)c2)cc1NS(=O)(=O)c1ccccc1. The van der Waals surface area contributed by atoms with Crippen molar-refractivity contribution in [3.8, 4) is 11.1 Å². The molecule has 2 heterocycles. The van der Waals surface area contributed by atoms with Gasteiger partial charge in [-0.3, -0.25) is 9.40 Å². The second-order valence-corrected chi connectivity index (χ2v) is 8.56. The Bertz CT molecular complexity index is 1280. The monoisotopic (exact) mass is 419 g/mol. The van der Waals surface area contributed by atoms with Gasteiger partial charge < -0.3 is 5.32 Å². The zero-order valence-corrected chi connectivity index (χ0v) is 17.4. The average Bonchev–Trinajstić information content (AvgIpc) is 3.18. The number of aryl methyl sites for hydroxylation is 2. The number of anilines is 3. The Labute approximate surface area is 175 Å². The van der Waals surface area contributed by atoms with Crippen LogP contribution in [0.15, 0.2) is 84.1 Å². The normalized spacial score (nSPS) is 11.3. The summed E-state index contributed by atoms with van der Waals surface area (Å²) in [4.78, 5) is 4.68. The Morgan fingerprint density at radius 1 is 0.900 bits per heavy atom. The van der Waals surface area contributed by atoms with E-state index in [1.807, 2.05) is 44.4 Å². The number of benzene rings is 2. The second-order valence-electron chi connectivity index (χ2n) is 6.88. The van der Waals surface area contributed by atoms with Crippen LogP contribution in [0.3, 0.4) is 0 Å². The van der Waals surface area contributed by atoms with Gasteiger partial charge >= 0.3 is 0 Å². The van der Waals surface area contributed by atoms with Gasteiger partial charge in [-0.1, -0.05) is 36.4 Å². The maximum atomic E-state index is 12.9. The van der Waals surface area contributed by atoms with Gasteiger partial charge in [-0.2, -0.15) is 5.10 Å². The Morgan fingerprint density at radius 2 is 1.63 bits per heavy atom. The molecular formula is C22H21N5O2S. The van der Waals surface area contributed by atoms with Crippen LogP contribution in [0, 0.1) is 6.92 Å². The topological polar surface area (TPSA) is 88.9 Å². The summed E-state index contributed by atoms with van der Waals surface area (Å²) in [5, 5.41) is 7.42. The Balaban J connectivity index is 1.77. The molecule has 0 aliphatic rings. The van der Waals surface area contributed by atoms with E-state index in [0.717, 1.165) is 22.4 Å². The van der Waals surface area contributed by atoms with Crippen LogP contribution in [0.5, 0.6) is 0 Å². The minimum atomic E-state index is -3.78. The molecular weight excluding hydrogens is 398 g/mol. The highest BCUT2D eigenvalue weighted by molar-refractivity contribution is 7.92. The average molecular weight is 420 g/mol. The number of para-hydroxylation sites is 1. The number of aromatic nitrogens is 3. The number of sulfonamides is 1. The molecule has 0 spiro atoms. The summed E-state index contributed by atoms with van der Waals surface area (Å²) < 4.78 is 30.2. The van der Waals surface area contributed by atoms with Crippen LogP contribution in [-0.4, -0.2) is 23.2 Å². The van der Waals surface area contributed by atoms with E-state index < -0.39 is 10.0 Å². The maximum absolute atomic E-state index is 12.9. The molecule has 2 N–H and O–H groups in total. The molecule has 7 nitrogen and oxygen atoms in total. The molecule has 0 saturated heterocycles. The van der Waals surface area contributed by atoms with Crippen LogP contribution < -0.4 is 10.0 Å². The van der Waals surface area contributed by atoms with E-state index in [9.17, 15) is 8.42 Å². The number of rotatable bonds is 6. The molecule has 152 valence electrons. The van der Waals surface area contributed by atoms with E-state index in [-0.39, 0.29) is 4.90 Å². The summed E-state index contributed by atoms with van der Waals surface area (Å²) in [5.74, 6) is 0.413. The quantitative estimate of drug-likeness (QED) is 0.485. The number of hydrogen-bond acceptors (Lipinski definition) is 5. The largest absolute Gasteiger partial charge is 0.338 e. The highest BCUT2D eigenvalue weighted by Gasteiger charge is 2.18. The molecule has 30 heavy (non-hydrogen) atoms. The smallest absolute Gasteiger partial charge is 0.262 e. The molecule has 0 atom stereocenters. The van der Waals surface area contributed by atoms with Gasteiger partial charge in [0.15, 0.2) is 5.82 Å². The highest BCUT2D eigenvalue weighted by atomic mass is 32.2. The summed E-state index contributed by atoms with van der Waals surface area (Å²) >= 11 is 0. The summed E-state index contributed by atoms with van der Waals surface area (Å²) in [6, 6.07) is 17.7. The van der Waals surface area contributed by atoms with Gasteiger partial charge in [-0.15, -0.1) is 0 Å². The number of pyridine rings is 1. The minimum Gasteiger partial charge on any atom is -0.338 e. The first-order valence-corrected chi connectivity index (χ1v) is 10.8. The van der Waals surface area contributed by atoms with Crippen molar-refractivity contribution in [1.29, 1.82) is 0 Å². The Kier molecular flexibility index (Phi) is 5.24. The second kappa shape index (κ2) is 8.00. The Hall–Kier alpha value is -3.65. The van der Waals surface area contributed by atoms with Crippen molar-refractivity contribution in [3.63, 3.8) is 0 Å². The predicted octanol–water partition coefficient (Wildman–Crippen LogP) is 4.33. The first kappa shape index (κ1) is 19.7. The molecule has 0 unspecified atom stereocenters. The highest BCUT2D eigenvalue weighted by Crippen LogP contribution is 2.31. The summed E-state index contributed by atoms with van der Waals surface area (Å²) in [6.07, 6.45) is 5.25.